The van der Waals surface area contributed by atoms with Crippen LogP contribution in [0.25, 0.3) is 11.1 Å². The number of aliphatic carboxylic acids is 1. The van der Waals surface area contributed by atoms with Crippen molar-refractivity contribution >= 4 is 17.7 Å². The third-order valence-electron chi connectivity index (χ3n) is 4.58. The van der Waals surface area contributed by atoms with Crippen molar-refractivity contribution in [1.29, 1.82) is 0 Å². The van der Waals surface area contributed by atoms with Gasteiger partial charge >= 0.3 is 5.97 Å². The third kappa shape index (κ3) is 5.00. The van der Waals surface area contributed by atoms with Crippen LogP contribution in [0.5, 0.6) is 0 Å². The second-order valence-corrected chi connectivity index (χ2v) is 6.85. The Bertz CT molecular complexity index is 1030. The van der Waals surface area contributed by atoms with E-state index in [9.17, 15) is 14.7 Å². The van der Waals surface area contributed by atoms with Crippen LogP contribution < -0.4 is 11.1 Å². The minimum Gasteiger partial charge on any atom is -0.480 e. The van der Waals surface area contributed by atoms with Crippen LogP contribution in [0, 0.1) is 0 Å². The van der Waals surface area contributed by atoms with E-state index in [1.165, 1.54) is 6.20 Å². The Hall–Kier alpha value is -3.72. The van der Waals surface area contributed by atoms with Crippen molar-refractivity contribution in [2.75, 3.05) is 5.73 Å². The smallest absolute Gasteiger partial charge is 0.328 e. The number of nitrogens with two attached hydrogens (primary N) is 1. The van der Waals surface area contributed by atoms with Gasteiger partial charge in [-0.05, 0) is 18.6 Å². The summed E-state index contributed by atoms with van der Waals surface area (Å²) < 4.78 is 7.28. The summed E-state index contributed by atoms with van der Waals surface area (Å²) in [7, 11) is 1.77. The molecule has 30 heavy (non-hydrogen) atoms. The van der Waals surface area contributed by atoms with E-state index in [0.29, 0.717) is 5.56 Å². The van der Waals surface area contributed by atoms with Crippen molar-refractivity contribution in [3.05, 3.63) is 66.1 Å². The number of aromatic nitrogens is 3. The lowest BCUT2D eigenvalue weighted by atomic mass is 10.1. The van der Waals surface area contributed by atoms with Crippen LogP contribution in [0.4, 0.5) is 5.82 Å². The van der Waals surface area contributed by atoms with E-state index in [4.69, 9.17) is 10.5 Å². The first-order chi connectivity index (χ1) is 14.3. The molecule has 0 saturated carbocycles. The molecule has 0 spiro atoms. The quantitative estimate of drug-likeness (QED) is 0.517. The number of carbonyl (C=O) groups excluding carboxylic acids is 1. The molecule has 2 heterocycles. The maximum atomic E-state index is 12.8. The van der Waals surface area contributed by atoms with Crippen molar-refractivity contribution in [1.82, 2.24) is 20.1 Å². The van der Waals surface area contributed by atoms with E-state index in [-0.39, 0.29) is 18.0 Å². The SMILES string of the molecule is CC(OCc1ccccc1)C(NC(=O)c1cc(-c2cnn(C)c2)cnc1N)C(=O)O. The van der Waals surface area contributed by atoms with Gasteiger partial charge in [-0.25, -0.2) is 9.78 Å². The number of ether oxygens (including phenoxy) is 1. The zero-order valence-corrected chi connectivity index (χ0v) is 16.6. The molecule has 0 saturated heterocycles. The number of nitrogens with one attached hydrogen (secondary N) is 1. The molecule has 1 amide bonds. The van der Waals surface area contributed by atoms with Gasteiger partial charge in [-0.1, -0.05) is 30.3 Å². The number of anilines is 1. The molecule has 156 valence electrons. The van der Waals surface area contributed by atoms with Crippen molar-refractivity contribution in [2.45, 2.75) is 25.7 Å². The summed E-state index contributed by atoms with van der Waals surface area (Å²) in [5, 5.41) is 16.2. The molecule has 0 aliphatic rings. The van der Waals surface area contributed by atoms with Gasteiger partial charge in [-0.2, -0.15) is 5.10 Å². The highest BCUT2D eigenvalue weighted by atomic mass is 16.5. The average Bonchev–Trinajstić information content (AvgIpc) is 3.17. The molecule has 0 aliphatic heterocycles. The largest absolute Gasteiger partial charge is 0.480 e. The van der Waals surface area contributed by atoms with E-state index in [2.05, 4.69) is 15.4 Å². The Morgan fingerprint density at radius 1 is 1.23 bits per heavy atom. The molecule has 3 aromatic rings. The molecule has 2 atom stereocenters. The lowest BCUT2D eigenvalue weighted by Gasteiger charge is -2.22. The number of nitrogen functional groups attached to an aromatic ring is 1. The van der Waals surface area contributed by atoms with Crippen LogP contribution in [-0.4, -0.2) is 43.9 Å². The first-order valence-corrected chi connectivity index (χ1v) is 9.29. The summed E-state index contributed by atoms with van der Waals surface area (Å²) >= 11 is 0. The molecule has 9 heteroatoms. The molecule has 0 fully saturated rings. The molecule has 3 rings (SSSR count). The van der Waals surface area contributed by atoms with E-state index < -0.39 is 24.0 Å². The number of pyridine rings is 1. The zero-order chi connectivity index (χ0) is 21.7. The summed E-state index contributed by atoms with van der Waals surface area (Å²) in [5.74, 6) is -1.85. The lowest BCUT2D eigenvalue weighted by molar-refractivity contribution is -0.143. The standard InChI is InChI=1S/C21H23N5O4/c1-13(30-12-14-6-4-3-5-7-14)18(21(28)29)25-20(27)17-8-15(9-23-19(17)22)16-10-24-26(2)11-16/h3-11,13,18H,12H2,1-2H3,(H2,22,23)(H,25,27)(H,28,29). The lowest BCUT2D eigenvalue weighted by Crippen LogP contribution is -2.48. The van der Waals surface area contributed by atoms with Crippen molar-refractivity contribution in [3.63, 3.8) is 0 Å². The van der Waals surface area contributed by atoms with Crippen molar-refractivity contribution < 1.29 is 19.4 Å². The number of hydrogen-bond acceptors (Lipinski definition) is 6. The first kappa shape index (κ1) is 21.0. The maximum absolute atomic E-state index is 12.8. The van der Waals surface area contributed by atoms with Crippen LogP contribution in [0.2, 0.25) is 0 Å². The Kier molecular flexibility index (Phi) is 6.43. The van der Waals surface area contributed by atoms with Crippen LogP contribution >= 0.6 is 0 Å². The van der Waals surface area contributed by atoms with Gasteiger partial charge in [0.05, 0.1) is 24.5 Å². The molecule has 4 N–H and O–H groups in total. The maximum Gasteiger partial charge on any atom is 0.328 e. The number of aryl methyl sites for hydroxylation is 1. The predicted octanol–water partition coefficient (Wildman–Crippen LogP) is 1.85. The second kappa shape index (κ2) is 9.19. The van der Waals surface area contributed by atoms with E-state index >= 15 is 0 Å². The van der Waals surface area contributed by atoms with Gasteiger partial charge in [0.2, 0.25) is 0 Å². The number of hydrogen-bond donors (Lipinski definition) is 3. The third-order valence-corrected chi connectivity index (χ3v) is 4.58. The van der Waals surface area contributed by atoms with Crippen LogP contribution in [0.1, 0.15) is 22.8 Å². The van der Waals surface area contributed by atoms with Gasteiger partial charge in [0.15, 0.2) is 6.04 Å². The minimum atomic E-state index is -1.26. The summed E-state index contributed by atoms with van der Waals surface area (Å²) in [6.45, 7) is 1.82. The number of rotatable bonds is 8. The van der Waals surface area contributed by atoms with Crippen LogP contribution in [0.3, 0.4) is 0 Å². The van der Waals surface area contributed by atoms with Gasteiger partial charge in [0.25, 0.3) is 5.91 Å². The van der Waals surface area contributed by atoms with Gasteiger partial charge in [-0.3, -0.25) is 9.48 Å². The summed E-state index contributed by atoms with van der Waals surface area (Å²) in [6.07, 6.45) is 4.16. The Morgan fingerprint density at radius 3 is 2.60 bits per heavy atom. The summed E-state index contributed by atoms with van der Waals surface area (Å²) in [6, 6.07) is 9.65. The first-order valence-electron chi connectivity index (χ1n) is 9.29. The fourth-order valence-corrected chi connectivity index (χ4v) is 2.88. The number of amides is 1. The predicted molar refractivity (Wildman–Crippen MR) is 110 cm³/mol. The van der Waals surface area contributed by atoms with Crippen molar-refractivity contribution in [3.8, 4) is 11.1 Å². The summed E-state index contributed by atoms with van der Waals surface area (Å²) in [5.41, 5.74) is 8.25. The molecular weight excluding hydrogens is 386 g/mol. The van der Waals surface area contributed by atoms with Gasteiger partial charge in [-0.15, -0.1) is 0 Å². The monoisotopic (exact) mass is 409 g/mol. The fourth-order valence-electron chi connectivity index (χ4n) is 2.88. The molecule has 9 nitrogen and oxygen atoms in total. The molecule has 1 aromatic carbocycles. The van der Waals surface area contributed by atoms with E-state index in [1.54, 1.807) is 37.1 Å². The number of carboxylic acid groups (broad SMARTS) is 1. The molecule has 2 aromatic heterocycles. The van der Waals surface area contributed by atoms with Crippen LogP contribution in [-0.2, 0) is 23.2 Å². The topological polar surface area (TPSA) is 132 Å². The highest BCUT2D eigenvalue weighted by molar-refractivity contribution is 6.01. The zero-order valence-electron chi connectivity index (χ0n) is 16.6. The highest BCUT2D eigenvalue weighted by Crippen LogP contribution is 2.21. The Labute approximate surface area is 173 Å². The van der Waals surface area contributed by atoms with Gasteiger partial charge in [0, 0.05) is 30.6 Å². The normalized spacial score (nSPS) is 12.9. The number of nitrogens with zero attached hydrogens (tertiary/aromatic N) is 3. The Balaban J connectivity index is 1.74. The number of carboxylic acids is 1. The Morgan fingerprint density at radius 2 is 1.97 bits per heavy atom. The molecular formula is C21H23N5O4. The highest BCUT2D eigenvalue weighted by Gasteiger charge is 2.28. The minimum absolute atomic E-state index is 0.00198. The van der Waals surface area contributed by atoms with Crippen molar-refractivity contribution in [2.24, 2.45) is 7.05 Å². The van der Waals surface area contributed by atoms with E-state index in [0.717, 1.165) is 11.1 Å². The molecule has 2 unspecified atom stereocenters. The van der Waals surface area contributed by atoms with Crippen LogP contribution in [0.15, 0.2) is 55.0 Å². The van der Waals surface area contributed by atoms with Gasteiger partial charge in [0.1, 0.15) is 5.82 Å². The average molecular weight is 409 g/mol. The number of benzene rings is 1. The summed E-state index contributed by atoms with van der Waals surface area (Å²) in [4.78, 5) is 28.6. The molecule has 0 bridgehead atoms. The molecule has 0 aliphatic carbocycles. The number of carbonyl (C=O) groups is 2. The second-order valence-electron chi connectivity index (χ2n) is 6.85. The molecule has 0 radical (unpaired) electrons. The van der Waals surface area contributed by atoms with Gasteiger partial charge < -0.3 is 20.9 Å². The fraction of sp³-hybridized carbons (Fsp3) is 0.238. The van der Waals surface area contributed by atoms with E-state index in [1.807, 2.05) is 30.3 Å².